The topological polar surface area (TPSA) is 243 Å². The summed E-state index contributed by atoms with van der Waals surface area (Å²) < 4.78 is 0. The van der Waals surface area contributed by atoms with Crippen molar-refractivity contribution in [2.45, 2.75) is 158 Å². The van der Waals surface area contributed by atoms with Gasteiger partial charge in [-0.25, -0.2) is 0 Å². The lowest BCUT2D eigenvalue weighted by atomic mass is 9.84. The van der Waals surface area contributed by atoms with Crippen LogP contribution in [0.2, 0.25) is 0 Å². The van der Waals surface area contributed by atoms with Crippen molar-refractivity contribution in [3.05, 3.63) is 0 Å². The van der Waals surface area contributed by atoms with Gasteiger partial charge >= 0.3 is 0 Å². The lowest BCUT2D eigenvalue weighted by Gasteiger charge is -2.30. The molecule has 0 fully saturated rings. The third-order valence-electron chi connectivity index (χ3n) is 6.78. The molecular weight excluding hydrogens is 576 g/mol. The number of rotatable bonds is 14. The highest BCUT2D eigenvalue weighted by Crippen LogP contribution is 2.26. The monoisotopic (exact) mass is 649 g/mol. The van der Waals surface area contributed by atoms with Gasteiger partial charge in [0.15, 0.2) is 0 Å². The summed E-state index contributed by atoms with van der Waals surface area (Å²) in [5.41, 5.74) is -0.274. The Labute approximate surface area is 267 Å². The fourth-order valence-corrected chi connectivity index (χ4v) is 4.04. The fourth-order valence-electron chi connectivity index (χ4n) is 4.04. The third-order valence-corrected chi connectivity index (χ3v) is 6.78. The van der Waals surface area contributed by atoms with Crippen LogP contribution in [0.25, 0.3) is 0 Å². The first-order valence-corrected chi connectivity index (χ1v) is 15.1. The van der Waals surface area contributed by atoms with Crippen molar-refractivity contribution in [3.8, 4) is 0 Å². The van der Waals surface area contributed by atoms with Crippen LogP contribution in [0.5, 0.6) is 0 Å². The van der Waals surface area contributed by atoms with Crippen LogP contribution in [0.4, 0.5) is 0 Å². The van der Waals surface area contributed by atoms with E-state index in [2.05, 4.69) is 0 Å². The van der Waals surface area contributed by atoms with Crippen LogP contribution in [0.15, 0.2) is 0 Å². The van der Waals surface area contributed by atoms with E-state index >= 15 is 0 Å². The summed E-state index contributed by atoms with van der Waals surface area (Å²) in [6.07, 6.45) is -8.71. The Hall–Kier alpha value is -0.480. The smallest absolute Gasteiger partial charge is 0.110 e. The summed E-state index contributed by atoms with van der Waals surface area (Å²) in [5, 5.41) is 111. The van der Waals surface area contributed by atoms with Crippen molar-refractivity contribution in [1.29, 1.82) is 0 Å². The van der Waals surface area contributed by atoms with Gasteiger partial charge in [-0.15, -0.1) is 0 Å². The maximum absolute atomic E-state index is 9.73. The zero-order chi connectivity index (χ0) is 35.1. The molecule has 11 atom stereocenters. The maximum Gasteiger partial charge on any atom is 0.110 e. The van der Waals surface area contributed by atoms with Gasteiger partial charge in [0.2, 0.25) is 0 Å². The predicted octanol–water partition coefficient (Wildman–Crippen LogP) is 0.401. The summed E-state index contributed by atoms with van der Waals surface area (Å²) in [6, 6.07) is 0. The molecule has 0 saturated carbocycles. The highest BCUT2D eigenvalue weighted by Gasteiger charge is 2.33. The van der Waals surface area contributed by atoms with Gasteiger partial charge in [0.05, 0.1) is 49.8 Å². The molecule has 0 heterocycles. The highest BCUT2D eigenvalue weighted by molar-refractivity contribution is 4.83. The van der Waals surface area contributed by atoms with Crippen LogP contribution < -0.4 is 0 Å². The largest absolute Gasteiger partial charge is 0.396 e. The molecule has 0 spiro atoms. The second kappa shape index (κ2) is 22.9. The minimum absolute atomic E-state index is 0. The van der Waals surface area contributed by atoms with Crippen LogP contribution in [-0.2, 0) is 0 Å². The van der Waals surface area contributed by atoms with Crippen LogP contribution in [0, 0.1) is 28.1 Å². The van der Waals surface area contributed by atoms with E-state index in [1.54, 1.807) is 13.8 Å². The molecule has 0 aliphatic rings. The van der Waals surface area contributed by atoms with Gasteiger partial charge in [0, 0.05) is 18.4 Å². The molecular formula is C32H72O12. The molecule has 0 aromatic rings. The molecule has 44 heavy (non-hydrogen) atoms. The lowest BCUT2D eigenvalue weighted by Crippen LogP contribution is -2.46. The Morgan fingerprint density at radius 1 is 0.386 bits per heavy atom. The molecule has 0 amide bonds. The van der Waals surface area contributed by atoms with Crippen LogP contribution in [0.3, 0.4) is 0 Å². The Morgan fingerprint density at radius 2 is 0.659 bits per heavy atom. The third kappa shape index (κ3) is 24.7. The molecule has 0 aromatic carbocycles. The second-order valence-corrected chi connectivity index (χ2v) is 15.5. The summed E-state index contributed by atoms with van der Waals surface area (Å²) in [5.74, 6) is -0.801. The van der Waals surface area contributed by atoms with Gasteiger partial charge in [-0.3, -0.25) is 0 Å². The SMILES string of the molecule is C.CC(C)(C)C[C@H](O)[C@@H](O)[C@H](O)[C@H](O)CO.C[C@@H]([C@H](O)[C@H](O)CC(C)(C)C)[C@H](O)CO.C[C@H](CO)[C@H](O)[C@@H](O)CC(C)(C)C. The molecule has 0 unspecified atom stereocenters. The minimum atomic E-state index is -1.53. The lowest BCUT2D eigenvalue weighted by molar-refractivity contribution is -0.121. The van der Waals surface area contributed by atoms with Gasteiger partial charge in [-0.2, -0.15) is 0 Å². The fraction of sp³-hybridized carbons (Fsp3) is 1.00. The van der Waals surface area contributed by atoms with Crippen molar-refractivity contribution in [1.82, 2.24) is 0 Å². The Bertz CT molecular complexity index is 634. The van der Waals surface area contributed by atoms with Gasteiger partial charge in [0.25, 0.3) is 0 Å². The van der Waals surface area contributed by atoms with Crippen LogP contribution >= 0.6 is 0 Å². The van der Waals surface area contributed by atoms with E-state index in [1.807, 2.05) is 62.3 Å². The minimum Gasteiger partial charge on any atom is -0.396 e. The molecule has 0 bridgehead atoms. The number of hydrogen-bond donors (Lipinski definition) is 12. The Kier molecular flexibility index (Phi) is 26.3. The maximum atomic E-state index is 9.73. The normalized spacial score (nSPS) is 20.0. The van der Waals surface area contributed by atoms with Crippen molar-refractivity contribution in [3.63, 3.8) is 0 Å². The summed E-state index contributed by atoms with van der Waals surface area (Å²) in [4.78, 5) is 0. The van der Waals surface area contributed by atoms with E-state index in [-0.39, 0.29) is 36.2 Å². The van der Waals surface area contributed by atoms with Crippen LogP contribution in [0.1, 0.15) is 103 Å². The summed E-state index contributed by atoms with van der Waals surface area (Å²) in [6.45, 7) is 19.8. The average molecular weight is 649 g/mol. The Balaban J connectivity index is -0.000000271. The van der Waals surface area contributed by atoms with E-state index in [1.165, 1.54) is 0 Å². The van der Waals surface area contributed by atoms with Gasteiger partial charge in [-0.1, -0.05) is 83.6 Å². The number of aliphatic hydroxyl groups is 12. The quantitative estimate of drug-likeness (QED) is 0.122. The van der Waals surface area contributed by atoms with Crippen molar-refractivity contribution >= 4 is 0 Å². The second-order valence-electron chi connectivity index (χ2n) is 15.5. The molecule has 12 nitrogen and oxygen atoms in total. The molecule has 0 saturated heterocycles. The first-order chi connectivity index (χ1) is 19.1. The first kappa shape index (κ1) is 50.4. The van der Waals surface area contributed by atoms with E-state index in [9.17, 15) is 40.9 Å². The molecule has 12 heteroatoms. The van der Waals surface area contributed by atoms with E-state index in [0.717, 1.165) is 0 Å². The van der Waals surface area contributed by atoms with Crippen LogP contribution in [-0.4, -0.2) is 136 Å². The molecule has 0 rings (SSSR count). The molecule has 12 N–H and O–H groups in total. The standard InChI is InChI=1S/C11H24O4.C10H22O5.C10H22O3.CH4/c1-7(9(14)6-12)10(15)8(13)5-11(2,3)4;1-10(2,3)4-6(12)8(14)9(15)7(13)5-11;1-7(6-11)9(13)8(12)5-10(2,3)4;/h7-10,12-15H,5-6H2,1-4H3;6-9,11-15H,4-5H2,1-3H3;7-9,11-13H,5-6H2,1-4H3;1H4/t7-,8-,9-,10+;6-,7+,8+,9+;7-,8+,9+;/m101./s1. The van der Waals surface area contributed by atoms with Crippen molar-refractivity contribution in [2.24, 2.45) is 28.1 Å². The van der Waals surface area contributed by atoms with Gasteiger partial charge in [0.1, 0.15) is 18.3 Å². The predicted molar refractivity (Wildman–Crippen MR) is 173 cm³/mol. The summed E-state index contributed by atoms with van der Waals surface area (Å²) in [7, 11) is 0. The molecule has 0 aliphatic heterocycles. The highest BCUT2D eigenvalue weighted by atomic mass is 16.4. The van der Waals surface area contributed by atoms with E-state index < -0.39 is 74.1 Å². The van der Waals surface area contributed by atoms with Gasteiger partial charge < -0.3 is 61.3 Å². The zero-order valence-corrected chi connectivity index (χ0v) is 28.5. The molecule has 272 valence electrons. The number of hydrogen-bond acceptors (Lipinski definition) is 12. The van der Waals surface area contributed by atoms with Crippen molar-refractivity contribution < 1.29 is 61.3 Å². The molecule has 0 radical (unpaired) electrons. The molecule has 0 aliphatic carbocycles. The van der Waals surface area contributed by atoms with Crippen molar-refractivity contribution in [2.75, 3.05) is 19.8 Å². The first-order valence-electron chi connectivity index (χ1n) is 15.1. The average Bonchev–Trinajstić information content (AvgIpc) is 2.87. The van der Waals surface area contributed by atoms with Gasteiger partial charge in [-0.05, 0) is 35.5 Å². The Morgan fingerprint density at radius 3 is 0.932 bits per heavy atom. The molecule has 0 aromatic heterocycles. The van der Waals surface area contributed by atoms with E-state index in [4.69, 9.17) is 20.4 Å². The zero-order valence-electron chi connectivity index (χ0n) is 28.5. The summed E-state index contributed by atoms with van der Waals surface area (Å²) >= 11 is 0. The van der Waals surface area contributed by atoms with E-state index in [0.29, 0.717) is 19.3 Å². The number of aliphatic hydroxyl groups excluding tert-OH is 12.